The monoisotopic (exact) mass is 316 g/mol. The van der Waals surface area contributed by atoms with Gasteiger partial charge in [-0.2, -0.15) is 0 Å². The van der Waals surface area contributed by atoms with Gasteiger partial charge in [0.2, 0.25) is 0 Å². The maximum Gasteiger partial charge on any atom is 0.256 e. The average Bonchev–Trinajstić information content (AvgIpc) is 2.47. The average molecular weight is 317 g/mol. The first-order valence-electron chi connectivity index (χ1n) is 7.35. The lowest BCUT2D eigenvalue weighted by atomic mass is 9.99. The molecule has 116 valence electrons. The highest BCUT2D eigenvalue weighted by Crippen LogP contribution is 2.21. The largest absolute Gasteiger partial charge is 0.322 e. The van der Waals surface area contributed by atoms with Gasteiger partial charge in [0.1, 0.15) is 0 Å². The number of amides is 1. The second-order valence-corrected chi connectivity index (χ2v) is 5.63. The van der Waals surface area contributed by atoms with Crippen molar-refractivity contribution < 1.29 is 4.79 Å². The Hall–Kier alpha value is -1.84. The highest BCUT2D eigenvalue weighted by molar-refractivity contribution is 6.06. The van der Waals surface area contributed by atoms with Gasteiger partial charge in [0, 0.05) is 17.8 Å². The number of carbonyl (C=O) groups is 1. The van der Waals surface area contributed by atoms with Crippen molar-refractivity contribution in [1.29, 1.82) is 0 Å². The van der Waals surface area contributed by atoms with E-state index in [1.807, 2.05) is 38.1 Å². The van der Waals surface area contributed by atoms with Crippen LogP contribution < -0.4 is 10.6 Å². The number of rotatable bonds is 2. The predicted octanol–water partition coefficient (Wildman–Crippen LogP) is 3.62. The van der Waals surface area contributed by atoms with Gasteiger partial charge in [0.15, 0.2) is 0 Å². The first kappa shape index (κ1) is 16.5. The zero-order valence-corrected chi connectivity index (χ0v) is 13.7. The van der Waals surface area contributed by atoms with Crippen molar-refractivity contribution in [3.63, 3.8) is 0 Å². The van der Waals surface area contributed by atoms with Crippen LogP contribution in [0.3, 0.4) is 0 Å². The Morgan fingerprint density at radius 1 is 1.09 bits per heavy atom. The van der Waals surface area contributed by atoms with E-state index in [1.165, 1.54) is 11.1 Å². The molecule has 0 saturated carbocycles. The van der Waals surface area contributed by atoms with Gasteiger partial charge in [-0.15, -0.1) is 12.4 Å². The molecule has 1 aliphatic heterocycles. The van der Waals surface area contributed by atoms with Crippen LogP contribution in [0, 0.1) is 13.8 Å². The van der Waals surface area contributed by atoms with Crippen molar-refractivity contribution in [2.75, 3.05) is 11.9 Å². The van der Waals surface area contributed by atoms with Gasteiger partial charge >= 0.3 is 0 Å². The normalized spacial score (nSPS) is 13.0. The quantitative estimate of drug-likeness (QED) is 0.888. The lowest BCUT2D eigenvalue weighted by molar-refractivity contribution is 0.102. The highest BCUT2D eigenvalue weighted by Gasteiger charge is 2.14. The van der Waals surface area contributed by atoms with Crippen LogP contribution in [0.15, 0.2) is 36.4 Å². The number of anilines is 1. The maximum absolute atomic E-state index is 12.5. The van der Waals surface area contributed by atoms with Crippen LogP contribution in [-0.2, 0) is 13.0 Å². The minimum absolute atomic E-state index is 0. The van der Waals surface area contributed by atoms with Crippen LogP contribution in [0.25, 0.3) is 0 Å². The fourth-order valence-corrected chi connectivity index (χ4v) is 2.92. The third-order valence-electron chi connectivity index (χ3n) is 4.06. The Bertz CT molecular complexity index is 677. The van der Waals surface area contributed by atoms with Gasteiger partial charge < -0.3 is 10.6 Å². The second kappa shape index (κ2) is 6.95. The Kier molecular flexibility index (Phi) is 5.22. The molecule has 4 heteroatoms. The van der Waals surface area contributed by atoms with E-state index in [9.17, 15) is 4.79 Å². The smallest absolute Gasteiger partial charge is 0.256 e. The zero-order chi connectivity index (χ0) is 14.8. The summed E-state index contributed by atoms with van der Waals surface area (Å²) in [4.78, 5) is 12.5. The maximum atomic E-state index is 12.5. The van der Waals surface area contributed by atoms with Crippen molar-refractivity contribution in [3.05, 3.63) is 64.2 Å². The summed E-state index contributed by atoms with van der Waals surface area (Å²) in [6.07, 6.45) is 1.06. The van der Waals surface area contributed by atoms with Gasteiger partial charge in [-0.3, -0.25) is 4.79 Å². The minimum Gasteiger partial charge on any atom is -0.322 e. The number of aryl methyl sites for hydroxylation is 2. The molecule has 3 rings (SSSR count). The van der Waals surface area contributed by atoms with Crippen LogP contribution in [0.4, 0.5) is 5.69 Å². The van der Waals surface area contributed by atoms with Gasteiger partial charge in [-0.05, 0) is 61.2 Å². The molecule has 0 atom stereocenters. The first-order chi connectivity index (χ1) is 10.1. The summed E-state index contributed by atoms with van der Waals surface area (Å²) in [5, 5.41) is 6.38. The molecule has 0 aliphatic carbocycles. The third kappa shape index (κ3) is 3.32. The molecule has 0 radical (unpaired) electrons. The summed E-state index contributed by atoms with van der Waals surface area (Å²) in [6.45, 7) is 5.85. The van der Waals surface area contributed by atoms with E-state index in [4.69, 9.17) is 0 Å². The first-order valence-corrected chi connectivity index (χ1v) is 7.35. The van der Waals surface area contributed by atoms with E-state index in [-0.39, 0.29) is 18.3 Å². The standard InChI is InChI=1S/C18H20N2O.ClH/c1-12-4-3-5-13(2)17(12)18(21)20-16-7-6-14-8-9-19-11-15(14)10-16;/h3-7,10,19H,8-9,11H2,1-2H3,(H,20,21);1H. The summed E-state index contributed by atoms with van der Waals surface area (Å²) in [5.74, 6) is -0.0330. The van der Waals surface area contributed by atoms with Crippen molar-refractivity contribution in [2.24, 2.45) is 0 Å². The van der Waals surface area contributed by atoms with E-state index in [0.29, 0.717) is 0 Å². The van der Waals surface area contributed by atoms with E-state index in [0.717, 1.165) is 41.9 Å². The molecule has 3 nitrogen and oxygen atoms in total. The number of nitrogens with one attached hydrogen (secondary N) is 2. The lowest BCUT2D eigenvalue weighted by Gasteiger charge is -2.18. The molecule has 2 N–H and O–H groups in total. The summed E-state index contributed by atoms with van der Waals surface area (Å²) in [7, 11) is 0. The molecule has 0 saturated heterocycles. The summed E-state index contributed by atoms with van der Waals surface area (Å²) >= 11 is 0. The van der Waals surface area contributed by atoms with Crippen LogP contribution in [0.5, 0.6) is 0 Å². The second-order valence-electron chi connectivity index (χ2n) is 5.63. The Morgan fingerprint density at radius 3 is 2.55 bits per heavy atom. The lowest BCUT2D eigenvalue weighted by Crippen LogP contribution is -2.24. The molecular weight excluding hydrogens is 296 g/mol. The predicted molar refractivity (Wildman–Crippen MR) is 93.0 cm³/mol. The third-order valence-corrected chi connectivity index (χ3v) is 4.06. The number of halogens is 1. The van der Waals surface area contributed by atoms with Gasteiger partial charge in [0.25, 0.3) is 5.91 Å². The Morgan fingerprint density at radius 2 is 1.82 bits per heavy atom. The minimum atomic E-state index is -0.0330. The molecule has 0 fully saturated rings. The molecule has 2 aromatic carbocycles. The number of fused-ring (bicyclic) bond motifs is 1. The van der Waals surface area contributed by atoms with E-state index >= 15 is 0 Å². The summed E-state index contributed by atoms with van der Waals surface area (Å²) < 4.78 is 0. The zero-order valence-electron chi connectivity index (χ0n) is 12.9. The molecule has 22 heavy (non-hydrogen) atoms. The fraction of sp³-hybridized carbons (Fsp3) is 0.278. The molecule has 1 amide bonds. The van der Waals surface area contributed by atoms with Gasteiger partial charge in [0.05, 0.1) is 0 Å². The number of hydrogen-bond acceptors (Lipinski definition) is 2. The molecule has 0 bridgehead atoms. The van der Waals surface area contributed by atoms with Crippen LogP contribution >= 0.6 is 12.4 Å². The molecule has 1 aliphatic rings. The van der Waals surface area contributed by atoms with Gasteiger partial charge in [-0.25, -0.2) is 0 Å². The molecular formula is C18H21ClN2O. The number of hydrogen-bond donors (Lipinski definition) is 2. The highest BCUT2D eigenvalue weighted by atomic mass is 35.5. The molecule has 2 aromatic rings. The molecule has 0 unspecified atom stereocenters. The topological polar surface area (TPSA) is 41.1 Å². The van der Waals surface area contributed by atoms with Crippen LogP contribution in [0.1, 0.15) is 32.6 Å². The summed E-state index contributed by atoms with van der Waals surface area (Å²) in [6, 6.07) is 12.1. The van der Waals surface area contributed by atoms with Crippen LogP contribution in [-0.4, -0.2) is 12.5 Å². The number of carbonyl (C=O) groups excluding carboxylic acids is 1. The van der Waals surface area contributed by atoms with Crippen molar-refractivity contribution >= 4 is 24.0 Å². The van der Waals surface area contributed by atoms with Gasteiger partial charge in [-0.1, -0.05) is 24.3 Å². The van der Waals surface area contributed by atoms with Crippen LogP contribution in [0.2, 0.25) is 0 Å². The SMILES string of the molecule is Cc1cccc(C)c1C(=O)Nc1ccc2c(c1)CNCC2.Cl. The van der Waals surface area contributed by atoms with Crippen molar-refractivity contribution in [1.82, 2.24) is 5.32 Å². The Labute approximate surface area is 137 Å². The van der Waals surface area contributed by atoms with Crippen molar-refractivity contribution in [3.8, 4) is 0 Å². The van der Waals surface area contributed by atoms with E-state index in [1.54, 1.807) is 0 Å². The summed E-state index contributed by atoms with van der Waals surface area (Å²) in [5.41, 5.74) is 6.30. The molecule has 0 spiro atoms. The molecule has 1 heterocycles. The van der Waals surface area contributed by atoms with Crippen molar-refractivity contribution in [2.45, 2.75) is 26.8 Å². The number of benzene rings is 2. The molecule has 0 aromatic heterocycles. The Balaban J connectivity index is 0.00000176. The van der Waals surface area contributed by atoms with E-state index < -0.39 is 0 Å². The van der Waals surface area contributed by atoms with E-state index in [2.05, 4.69) is 22.8 Å². The fourth-order valence-electron chi connectivity index (χ4n) is 2.92.